The van der Waals surface area contributed by atoms with Crippen molar-refractivity contribution in [3.8, 4) is 0 Å². The third-order valence-electron chi connectivity index (χ3n) is 1.85. The molecular formula is C10H9IO2. The summed E-state index contributed by atoms with van der Waals surface area (Å²) in [6, 6.07) is 3.62. The predicted octanol–water partition coefficient (Wildman–Crippen LogP) is 2.61. The summed E-state index contributed by atoms with van der Waals surface area (Å²) in [6.07, 6.45) is 0.738. The molecule has 1 aromatic carbocycles. The Morgan fingerprint density at radius 2 is 2.08 bits per heavy atom. The van der Waals surface area contributed by atoms with E-state index in [9.17, 15) is 9.59 Å². The average molecular weight is 288 g/mol. The number of Topliss-reactive ketones (excluding diaryl/α,β-unsaturated/α-hetero) is 1. The van der Waals surface area contributed by atoms with E-state index in [1.165, 1.54) is 6.92 Å². The van der Waals surface area contributed by atoms with Gasteiger partial charge in [-0.25, -0.2) is 0 Å². The highest BCUT2D eigenvalue weighted by Gasteiger charge is 2.09. The van der Waals surface area contributed by atoms with Gasteiger partial charge in [-0.1, -0.05) is 0 Å². The van der Waals surface area contributed by atoms with Crippen molar-refractivity contribution in [3.63, 3.8) is 0 Å². The fourth-order valence-corrected chi connectivity index (χ4v) is 1.98. The van der Waals surface area contributed by atoms with Crippen LogP contribution in [-0.4, -0.2) is 12.1 Å². The van der Waals surface area contributed by atoms with Crippen molar-refractivity contribution in [2.75, 3.05) is 0 Å². The van der Waals surface area contributed by atoms with Crippen LogP contribution in [0.5, 0.6) is 0 Å². The lowest BCUT2D eigenvalue weighted by Gasteiger charge is -2.04. The second-order valence-corrected chi connectivity index (χ2v) is 4.10. The molecule has 0 amide bonds. The van der Waals surface area contributed by atoms with Crippen LogP contribution in [0.1, 0.15) is 33.2 Å². The van der Waals surface area contributed by atoms with Crippen molar-refractivity contribution in [3.05, 3.63) is 32.4 Å². The van der Waals surface area contributed by atoms with Gasteiger partial charge in [0.25, 0.3) is 0 Å². The van der Waals surface area contributed by atoms with E-state index < -0.39 is 0 Å². The molecule has 0 aromatic heterocycles. The van der Waals surface area contributed by atoms with Crippen LogP contribution in [0.25, 0.3) is 0 Å². The van der Waals surface area contributed by atoms with Crippen LogP contribution in [-0.2, 0) is 0 Å². The first-order valence-electron chi connectivity index (χ1n) is 3.82. The monoisotopic (exact) mass is 288 g/mol. The Kier molecular flexibility index (Phi) is 3.19. The number of aldehydes is 1. The SMILES string of the molecule is CC(=O)c1cc(I)cc(C)c1C=O. The van der Waals surface area contributed by atoms with Gasteiger partial charge in [0.05, 0.1) is 0 Å². The highest BCUT2D eigenvalue weighted by molar-refractivity contribution is 14.1. The van der Waals surface area contributed by atoms with Gasteiger partial charge in [-0.05, 0) is 54.1 Å². The van der Waals surface area contributed by atoms with Crippen molar-refractivity contribution in [1.82, 2.24) is 0 Å². The molecule has 1 rings (SSSR count). The van der Waals surface area contributed by atoms with E-state index in [0.717, 1.165) is 15.4 Å². The van der Waals surface area contributed by atoms with Gasteiger partial charge in [0.15, 0.2) is 12.1 Å². The van der Waals surface area contributed by atoms with Crippen LogP contribution in [0.4, 0.5) is 0 Å². The normalized spacial score (nSPS) is 9.77. The smallest absolute Gasteiger partial charge is 0.160 e. The number of aryl methyl sites for hydroxylation is 1. The van der Waals surface area contributed by atoms with Gasteiger partial charge in [-0.2, -0.15) is 0 Å². The number of halogens is 1. The van der Waals surface area contributed by atoms with Gasteiger partial charge >= 0.3 is 0 Å². The first-order valence-corrected chi connectivity index (χ1v) is 4.90. The molecule has 0 atom stereocenters. The Bertz CT molecular complexity index is 369. The van der Waals surface area contributed by atoms with Crippen LogP contribution in [0.2, 0.25) is 0 Å². The number of benzene rings is 1. The molecule has 0 radical (unpaired) electrons. The zero-order valence-electron chi connectivity index (χ0n) is 7.43. The van der Waals surface area contributed by atoms with E-state index in [2.05, 4.69) is 22.6 Å². The van der Waals surface area contributed by atoms with Crippen LogP contribution in [0, 0.1) is 10.5 Å². The van der Waals surface area contributed by atoms with Gasteiger partial charge in [0, 0.05) is 14.7 Å². The molecule has 2 nitrogen and oxygen atoms in total. The largest absolute Gasteiger partial charge is 0.298 e. The summed E-state index contributed by atoms with van der Waals surface area (Å²) >= 11 is 2.13. The first-order chi connectivity index (χ1) is 6.06. The van der Waals surface area contributed by atoms with E-state index in [1.54, 1.807) is 6.07 Å². The molecule has 13 heavy (non-hydrogen) atoms. The molecule has 0 aliphatic heterocycles. The first kappa shape index (κ1) is 10.4. The summed E-state index contributed by atoms with van der Waals surface area (Å²) in [6.45, 7) is 3.30. The van der Waals surface area contributed by atoms with Crippen molar-refractivity contribution in [1.29, 1.82) is 0 Å². The fraction of sp³-hybridized carbons (Fsp3) is 0.200. The Labute approximate surface area is 90.5 Å². The number of hydrogen-bond donors (Lipinski definition) is 0. The van der Waals surface area contributed by atoms with Crippen molar-refractivity contribution >= 4 is 34.7 Å². The van der Waals surface area contributed by atoms with Gasteiger partial charge in [0.2, 0.25) is 0 Å². The number of carbonyl (C=O) groups excluding carboxylic acids is 2. The Hall–Kier alpha value is -0.710. The van der Waals surface area contributed by atoms with Crippen molar-refractivity contribution in [2.45, 2.75) is 13.8 Å². The number of hydrogen-bond acceptors (Lipinski definition) is 2. The molecule has 0 bridgehead atoms. The standard InChI is InChI=1S/C10H9IO2/c1-6-3-8(11)4-9(7(2)13)10(6)5-12/h3-5H,1-2H3. The number of ketones is 1. The lowest BCUT2D eigenvalue weighted by Crippen LogP contribution is -2.01. The van der Waals surface area contributed by atoms with Crippen molar-refractivity contribution in [2.24, 2.45) is 0 Å². The highest BCUT2D eigenvalue weighted by Crippen LogP contribution is 2.17. The third-order valence-corrected chi connectivity index (χ3v) is 2.47. The molecule has 0 aliphatic rings. The minimum atomic E-state index is -0.0660. The topological polar surface area (TPSA) is 34.1 Å². The summed E-state index contributed by atoms with van der Waals surface area (Å²) in [5.41, 5.74) is 1.87. The molecule has 0 saturated carbocycles. The molecule has 1 aromatic rings. The number of rotatable bonds is 2. The summed E-state index contributed by atoms with van der Waals surface area (Å²) in [5, 5.41) is 0. The van der Waals surface area contributed by atoms with E-state index in [1.807, 2.05) is 13.0 Å². The van der Waals surface area contributed by atoms with E-state index in [0.29, 0.717) is 11.1 Å². The predicted molar refractivity (Wildman–Crippen MR) is 59.3 cm³/mol. The molecular weight excluding hydrogens is 279 g/mol. The zero-order valence-corrected chi connectivity index (χ0v) is 9.58. The second-order valence-electron chi connectivity index (χ2n) is 2.86. The van der Waals surface area contributed by atoms with E-state index >= 15 is 0 Å². The van der Waals surface area contributed by atoms with E-state index in [4.69, 9.17) is 0 Å². The molecule has 0 N–H and O–H groups in total. The molecule has 0 unspecified atom stereocenters. The van der Waals surface area contributed by atoms with Crippen LogP contribution < -0.4 is 0 Å². The molecule has 3 heteroatoms. The molecule has 0 aliphatic carbocycles. The van der Waals surface area contributed by atoms with Gasteiger partial charge in [-0.15, -0.1) is 0 Å². The molecule has 0 spiro atoms. The van der Waals surface area contributed by atoms with Gasteiger partial charge in [-0.3, -0.25) is 9.59 Å². The minimum Gasteiger partial charge on any atom is -0.298 e. The minimum absolute atomic E-state index is 0.0660. The number of carbonyl (C=O) groups is 2. The third kappa shape index (κ3) is 2.15. The lowest BCUT2D eigenvalue weighted by atomic mass is 10.0. The Morgan fingerprint density at radius 3 is 2.54 bits per heavy atom. The maximum atomic E-state index is 11.2. The Balaban J connectivity index is 3.46. The Morgan fingerprint density at radius 1 is 1.46 bits per heavy atom. The zero-order chi connectivity index (χ0) is 10.0. The lowest BCUT2D eigenvalue weighted by molar-refractivity contribution is 0.100. The molecule has 0 fully saturated rings. The molecule has 0 saturated heterocycles. The fourth-order valence-electron chi connectivity index (χ4n) is 1.20. The molecule has 68 valence electrons. The average Bonchev–Trinajstić information content (AvgIpc) is 2.02. The van der Waals surface area contributed by atoms with Gasteiger partial charge in [0.1, 0.15) is 0 Å². The van der Waals surface area contributed by atoms with Crippen LogP contribution in [0.3, 0.4) is 0 Å². The van der Waals surface area contributed by atoms with Crippen LogP contribution >= 0.6 is 22.6 Å². The van der Waals surface area contributed by atoms with E-state index in [-0.39, 0.29) is 5.78 Å². The summed E-state index contributed by atoms with van der Waals surface area (Å²) in [5.74, 6) is -0.0660. The summed E-state index contributed by atoms with van der Waals surface area (Å²) in [7, 11) is 0. The maximum Gasteiger partial charge on any atom is 0.160 e. The summed E-state index contributed by atoms with van der Waals surface area (Å²) < 4.78 is 0.978. The van der Waals surface area contributed by atoms with Gasteiger partial charge < -0.3 is 0 Å². The van der Waals surface area contributed by atoms with Crippen LogP contribution in [0.15, 0.2) is 12.1 Å². The summed E-state index contributed by atoms with van der Waals surface area (Å²) in [4.78, 5) is 21.9. The van der Waals surface area contributed by atoms with Crippen molar-refractivity contribution < 1.29 is 9.59 Å². The molecule has 0 heterocycles. The highest BCUT2D eigenvalue weighted by atomic mass is 127. The second kappa shape index (κ2) is 4.00. The quantitative estimate of drug-likeness (QED) is 0.476. The maximum absolute atomic E-state index is 11.2.